The molecule has 0 aromatic carbocycles. The van der Waals surface area contributed by atoms with E-state index in [2.05, 4.69) is 16.1 Å². The predicted octanol–water partition coefficient (Wildman–Crippen LogP) is 2.56. The molecule has 0 N–H and O–H groups in total. The van der Waals surface area contributed by atoms with Crippen molar-refractivity contribution in [3.05, 3.63) is 12.2 Å². The fourth-order valence-electron chi connectivity index (χ4n) is 1.00. The van der Waals surface area contributed by atoms with Gasteiger partial charge in [-0.25, -0.2) is 14.2 Å². The molecule has 0 aromatic heterocycles. The van der Waals surface area contributed by atoms with Crippen LogP contribution in [0.1, 0.15) is 20.8 Å². The maximum Gasteiger partial charge on any atom is 0.502 e. The SMILES string of the molecule is C=C(C)C(=O)OCCOP(=O)(OCC[N+](C)(C)C)OOC.CC. The molecule has 23 heavy (non-hydrogen) atoms. The monoisotopic (exact) mass is 356 g/mol. The molecular weight excluding hydrogens is 325 g/mol. The minimum absolute atomic E-state index is 0.0958. The molecule has 138 valence electrons. The number of quaternary nitrogens is 1. The second-order valence-electron chi connectivity index (χ2n) is 5.29. The summed E-state index contributed by atoms with van der Waals surface area (Å²) in [4.78, 5) is 15.5. The van der Waals surface area contributed by atoms with Crippen LogP contribution in [0.5, 0.6) is 0 Å². The third-order valence-corrected chi connectivity index (χ3v) is 3.42. The first-order valence-corrected chi connectivity index (χ1v) is 8.80. The number of nitrogens with zero attached hydrogens (tertiary/aromatic N) is 1. The number of ether oxygens (including phenoxy) is 1. The third-order valence-electron chi connectivity index (χ3n) is 2.09. The standard InChI is InChI=1S/C12H25NO7P.C2H6/c1-11(2)12(14)17-9-10-19-21(15,20-16-6)18-8-7-13(3,4)5;1-2/h1,7-10H2,2-6H3;1-2H3/q+1;. The molecule has 0 radical (unpaired) electrons. The van der Waals surface area contributed by atoms with Crippen LogP contribution in [0.3, 0.4) is 0 Å². The molecular formula is C14H31NO7P+. The zero-order chi connectivity index (χ0) is 18.5. The van der Waals surface area contributed by atoms with E-state index in [-0.39, 0.29) is 25.4 Å². The summed E-state index contributed by atoms with van der Waals surface area (Å²) in [5.41, 5.74) is 0.269. The van der Waals surface area contributed by atoms with Gasteiger partial charge in [0.05, 0.1) is 34.9 Å². The average Bonchev–Trinajstić information content (AvgIpc) is 2.44. The Bertz CT molecular complexity index is 393. The van der Waals surface area contributed by atoms with E-state index >= 15 is 0 Å². The Labute approximate surface area is 139 Å². The zero-order valence-electron chi connectivity index (χ0n) is 15.3. The summed E-state index contributed by atoms with van der Waals surface area (Å²) in [6.45, 7) is 9.48. The second kappa shape index (κ2) is 12.6. The smallest absolute Gasteiger partial charge is 0.460 e. The summed E-state index contributed by atoms with van der Waals surface area (Å²) >= 11 is 0. The summed E-state index contributed by atoms with van der Waals surface area (Å²) in [6.07, 6.45) is 0. The molecule has 0 fully saturated rings. The third kappa shape index (κ3) is 14.6. The zero-order valence-corrected chi connectivity index (χ0v) is 16.2. The number of carbonyl (C=O) groups is 1. The number of carbonyl (C=O) groups excluding carboxylic acids is 1. The Balaban J connectivity index is 0. The maximum absolute atomic E-state index is 12.1. The molecule has 0 rings (SSSR count). The van der Waals surface area contributed by atoms with Crippen LogP contribution < -0.4 is 0 Å². The van der Waals surface area contributed by atoms with E-state index in [0.29, 0.717) is 11.0 Å². The van der Waals surface area contributed by atoms with Crippen LogP contribution in [0.2, 0.25) is 0 Å². The number of phosphoric acid groups is 1. The number of esters is 1. The lowest BCUT2D eigenvalue weighted by molar-refractivity contribution is -0.870. The van der Waals surface area contributed by atoms with Crippen LogP contribution in [0.15, 0.2) is 12.2 Å². The van der Waals surface area contributed by atoms with Gasteiger partial charge in [0.25, 0.3) is 0 Å². The fourth-order valence-corrected chi connectivity index (χ4v) is 1.95. The molecule has 0 aliphatic heterocycles. The molecule has 0 amide bonds. The van der Waals surface area contributed by atoms with Gasteiger partial charge in [0, 0.05) is 5.57 Å². The molecule has 8 nitrogen and oxygen atoms in total. The van der Waals surface area contributed by atoms with Crippen LogP contribution in [-0.4, -0.2) is 65.1 Å². The Kier molecular flexibility index (Phi) is 13.5. The van der Waals surface area contributed by atoms with Gasteiger partial charge in [0.1, 0.15) is 19.8 Å². The summed E-state index contributed by atoms with van der Waals surface area (Å²) < 4.78 is 32.2. The predicted molar refractivity (Wildman–Crippen MR) is 87.6 cm³/mol. The van der Waals surface area contributed by atoms with Gasteiger partial charge in [-0.15, -0.1) is 4.67 Å². The van der Waals surface area contributed by atoms with Crippen LogP contribution >= 0.6 is 7.82 Å². The number of hydrogen-bond acceptors (Lipinski definition) is 7. The molecule has 0 heterocycles. The molecule has 0 spiro atoms. The van der Waals surface area contributed by atoms with E-state index in [1.807, 2.05) is 35.0 Å². The van der Waals surface area contributed by atoms with Crippen molar-refractivity contribution < 1.29 is 37.2 Å². The Morgan fingerprint density at radius 2 is 1.61 bits per heavy atom. The van der Waals surface area contributed by atoms with Gasteiger partial charge in [0.15, 0.2) is 0 Å². The van der Waals surface area contributed by atoms with Crippen LogP contribution in [0.25, 0.3) is 0 Å². The van der Waals surface area contributed by atoms with Gasteiger partial charge in [-0.05, 0) is 6.92 Å². The fraction of sp³-hybridized carbons (Fsp3) is 0.786. The first-order chi connectivity index (χ1) is 10.6. The molecule has 0 saturated carbocycles. The van der Waals surface area contributed by atoms with Crippen molar-refractivity contribution in [3.8, 4) is 0 Å². The molecule has 0 aromatic rings. The minimum atomic E-state index is -3.84. The van der Waals surface area contributed by atoms with E-state index in [9.17, 15) is 9.36 Å². The van der Waals surface area contributed by atoms with Gasteiger partial charge in [0.2, 0.25) is 0 Å². The van der Waals surface area contributed by atoms with Crippen LogP contribution in [0.4, 0.5) is 0 Å². The van der Waals surface area contributed by atoms with Gasteiger partial charge >= 0.3 is 13.8 Å². The van der Waals surface area contributed by atoms with E-state index in [1.54, 1.807) is 0 Å². The van der Waals surface area contributed by atoms with Crippen molar-refractivity contribution in [3.63, 3.8) is 0 Å². The van der Waals surface area contributed by atoms with E-state index < -0.39 is 13.8 Å². The highest BCUT2D eigenvalue weighted by Crippen LogP contribution is 2.49. The highest BCUT2D eigenvalue weighted by Gasteiger charge is 2.29. The van der Waals surface area contributed by atoms with E-state index in [1.165, 1.54) is 14.0 Å². The molecule has 9 heteroatoms. The van der Waals surface area contributed by atoms with Crippen molar-refractivity contribution in [1.29, 1.82) is 0 Å². The van der Waals surface area contributed by atoms with Crippen molar-refractivity contribution >= 4 is 13.8 Å². The number of rotatable bonds is 11. The van der Waals surface area contributed by atoms with Crippen molar-refractivity contribution in [2.24, 2.45) is 0 Å². The average molecular weight is 356 g/mol. The lowest BCUT2D eigenvalue weighted by Gasteiger charge is -2.24. The molecule has 0 aliphatic rings. The Morgan fingerprint density at radius 1 is 1.09 bits per heavy atom. The Morgan fingerprint density at radius 3 is 2.04 bits per heavy atom. The number of hydrogen-bond donors (Lipinski definition) is 0. The summed E-state index contributed by atoms with van der Waals surface area (Å²) in [5.74, 6) is -0.549. The van der Waals surface area contributed by atoms with Gasteiger partial charge in [-0.3, -0.25) is 9.05 Å². The largest absolute Gasteiger partial charge is 0.502 e. The van der Waals surface area contributed by atoms with Crippen molar-refractivity contribution in [2.45, 2.75) is 20.8 Å². The second-order valence-corrected chi connectivity index (χ2v) is 6.84. The summed E-state index contributed by atoms with van der Waals surface area (Å²) in [7, 11) is 3.24. The topological polar surface area (TPSA) is 80.3 Å². The molecule has 1 unspecified atom stereocenters. The van der Waals surface area contributed by atoms with E-state index in [0.717, 1.165) is 0 Å². The molecule has 0 saturated heterocycles. The maximum atomic E-state index is 12.1. The first kappa shape index (κ1) is 24.5. The number of phosphoric ester groups is 1. The molecule has 1 atom stereocenters. The van der Waals surface area contributed by atoms with E-state index in [4.69, 9.17) is 13.8 Å². The Hall–Kier alpha value is -0.760. The minimum Gasteiger partial charge on any atom is -0.460 e. The van der Waals surface area contributed by atoms with Gasteiger partial charge in [-0.2, -0.15) is 0 Å². The van der Waals surface area contributed by atoms with Crippen LogP contribution in [-0.2, 0) is 32.7 Å². The van der Waals surface area contributed by atoms with Gasteiger partial charge < -0.3 is 9.22 Å². The van der Waals surface area contributed by atoms with Crippen molar-refractivity contribution in [1.82, 2.24) is 0 Å². The summed E-state index contributed by atoms with van der Waals surface area (Å²) in [5, 5.41) is 0. The quantitative estimate of drug-likeness (QED) is 0.107. The molecule has 0 bridgehead atoms. The normalized spacial score (nSPS) is 13.5. The van der Waals surface area contributed by atoms with Crippen LogP contribution in [0, 0.1) is 0 Å². The lowest BCUT2D eigenvalue weighted by atomic mass is 10.4. The molecule has 0 aliphatic carbocycles. The highest BCUT2D eigenvalue weighted by molar-refractivity contribution is 7.48. The highest BCUT2D eigenvalue weighted by atomic mass is 31.2. The number of likely N-dealkylation sites (N-methyl/N-ethyl adjacent to an activating group) is 1. The first-order valence-electron chi connectivity index (χ1n) is 7.34. The summed E-state index contributed by atoms with van der Waals surface area (Å²) in [6, 6.07) is 0. The van der Waals surface area contributed by atoms with Gasteiger partial charge in [-0.1, -0.05) is 20.4 Å². The van der Waals surface area contributed by atoms with Crippen molar-refractivity contribution in [2.75, 3.05) is 54.6 Å². The lowest BCUT2D eigenvalue weighted by Crippen LogP contribution is -2.37.